The summed E-state index contributed by atoms with van der Waals surface area (Å²) >= 11 is 0. The Labute approximate surface area is 99.1 Å². The summed E-state index contributed by atoms with van der Waals surface area (Å²) in [4.78, 5) is 3.96. The summed E-state index contributed by atoms with van der Waals surface area (Å²) in [7, 11) is -0.736. The molecule has 0 amide bonds. The lowest BCUT2D eigenvalue weighted by Gasteiger charge is -2.22. The Morgan fingerprint density at radius 3 is 2.94 bits per heavy atom. The molecule has 2 rings (SSSR count). The number of pyridine rings is 1. The molecular weight excluding hydrogens is 220 g/mol. The van der Waals surface area contributed by atoms with Crippen LogP contribution in [0.5, 0.6) is 0 Å². The van der Waals surface area contributed by atoms with E-state index in [9.17, 15) is 4.21 Å². The number of hydrogen-bond donors (Lipinski definition) is 1. The highest BCUT2D eigenvalue weighted by molar-refractivity contribution is 7.84. The molecule has 16 heavy (non-hydrogen) atoms. The van der Waals surface area contributed by atoms with Crippen LogP contribution in [0.3, 0.4) is 0 Å². The summed E-state index contributed by atoms with van der Waals surface area (Å²) in [5.74, 6) is 2.09. The Bertz CT molecular complexity index is 336. The highest BCUT2D eigenvalue weighted by atomic mass is 32.2. The number of rotatable bonds is 4. The predicted octanol–water partition coefficient (Wildman–Crippen LogP) is 1.33. The van der Waals surface area contributed by atoms with E-state index in [-0.39, 0.29) is 0 Å². The van der Waals surface area contributed by atoms with Gasteiger partial charge in [-0.15, -0.1) is 0 Å². The third kappa shape index (κ3) is 3.68. The van der Waals surface area contributed by atoms with E-state index < -0.39 is 10.8 Å². The van der Waals surface area contributed by atoms with Gasteiger partial charge in [-0.25, -0.2) is 0 Å². The zero-order valence-corrected chi connectivity index (χ0v) is 10.2. The molecule has 1 aliphatic rings. The van der Waals surface area contributed by atoms with Gasteiger partial charge in [-0.2, -0.15) is 0 Å². The van der Waals surface area contributed by atoms with E-state index in [4.69, 9.17) is 0 Å². The lowest BCUT2D eigenvalue weighted by molar-refractivity contribution is 0.408. The van der Waals surface area contributed by atoms with Crippen molar-refractivity contribution in [3.8, 4) is 0 Å². The van der Waals surface area contributed by atoms with Gasteiger partial charge in [0.15, 0.2) is 0 Å². The highest BCUT2D eigenvalue weighted by Crippen LogP contribution is 2.13. The van der Waals surface area contributed by atoms with E-state index in [0.29, 0.717) is 11.7 Å². The summed E-state index contributed by atoms with van der Waals surface area (Å²) < 4.78 is 11.9. The molecular formula is C12H18N2OS. The van der Waals surface area contributed by atoms with E-state index in [1.807, 2.05) is 12.1 Å². The minimum atomic E-state index is -0.736. The molecule has 1 aromatic rings. The van der Waals surface area contributed by atoms with Crippen LogP contribution in [0.1, 0.15) is 18.4 Å². The van der Waals surface area contributed by atoms with Crippen LogP contribution in [0, 0.1) is 5.92 Å². The van der Waals surface area contributed by atoms with Crippen molar-refractivity contribution in [2.45, 2.75) is 18.6 Å². The minimum Gasteiger partial charge on any atom is -0.316 e. The van der Waals surface area contributed by atoms with Crippen LogP contribution in [0.4, 0.5) is 0 Å². The van der Waals surface area contributed by atoms with Crippen LogP contribution in [0.25, 0.3) is 0 Å². The average Bonchev–Trinajstić information content (AvgIpc) is 2.31. The topological polar surface area (TPSA) is 42.0 Å². The van der Waals surface area contributed by atoms with Crippen LogP contribution in [0.15, 0.2) is 24.5 Å². The van der Waals surface area contributed by atoms with Crippen molar-refractivity contribution in [1.29, 1.82) is 0 Å². The Morgan fingerprint density at radius 2 is 2.25 bits per heavy atom. The smallest absolute Gasteiger partial charge is 0.0486 e. The van der Waals surface area contributed by atoms with Crippen molar-refractivity contribution in [1.82, 2.24) is 10.3 Å². The van der Waals surface area contributed by atoms with Crippen molar-refractivity contribution < 1.29 is 4.21 Å². The molecule has 1 N–H and O–H groups in total. The van der Waals surface area contributed by atoms with Gasteiger partial charge in [-0.05, 0) is 49.5 Å². The van der Waals surface area contributed by atoms with Crippen molar-refractivity contribution in [2.75, 3.05) is 18.8 Å². The molecule has 0 aliphatic carbocycles. The molecule has 1 aromatic heterocycles. The number of hydrogen-bond acceptors (Lipinski definition) is 3. The first kappa shape index (κ1) is 11.7. The normalized spacial score (nSPS) is 22.9. The molecule has 1 fully saturated rings. The fraction of sp³-hybridized carbons (Fsp3) is 0.583. The zero-order valence-electron chi connectivity index (χ0n) is 9.39. The summed E-state index contributed by atoms with van der Waals surface area (Å²) in [5.41, 5.74) is 1.12. The quantitative estimate of drug-likeness (QED) is 0.860. The number of aromatic nitrogens is 1. The second-order valence-corrected chi connectivity index (χ2v) is 5.82. The van der Waals surface area contributed by atoms with Gasteiger partial charge >= 0.3 is 0 Å². The average molecular weight is 238 g/mol. The molecule has 88 valence electrons. The molecule has 0 unspecified atom stereocenters. The SMILES string of the molecule is O=[S@](Cc1ccncc1)C[C@H]1CCCNC1. The molecule has 1 aliphatic heterocycles. The van der Waals surface area contributed by atoms with Crippen LogP contribution in [-0.2, 0) is 16.6 Å². The molecule has 4 heteroatoms. The van der Waals surface area contributed by atoms with Gasteiger partial charge in [-0.3, -0.25) is 9.19 Å². The first-order valence-corrected chi connectivity index (χ1v) is 7.28. The van der Waals surface area contributed by atoms with E-state index in [1.165, 1.54) is 12.8 Å². The third-order valence-electron chi connectivity index (χ3n) is 2.90. The minimum absolute atomic E-state index is 0.594. The number of nitrogens with one attached hydrogen (secondary N) is 1. The van der Waals surface area contributed by atoms with Crippen molar-refractivity contribution in [2.24, 2.45) is 5.92 Å². The van der Waals surface area contributed by atoms with Crippen molar-refractivity contribution in [3.63, 3.8) is 0 Å². The Morgan fingerprint density at radius 1 is 1.44 bits per heavy atom. The molecule has 0 radical (unpaired) electrons. The van der Waals surface area contributed by atoms with E-state index in [1.54, 1.807) is 12.4 Å². The fourth-order valence-corrected chi connectivity index (χ4v) is 3.55. The zero-order chi connectivity index (χ0) is 11.2. The van der Waals surface area contributed by atoms with Crippen LogP contribution in [-0.4, -0.2) is 28.0 Å². The predicted molar refractivity (Wildman–Crippen MR) is 66.5 cm³/mol. The first-order valence-electron chi connectivity index (χ1n) is 5.79. The maximum Gasteiger partial charge on any atom is 0.0486 e. The summed E-state index contributed by atoms with van der Waals surface area (Å²) in [6, 6.07) is 3.88. The van der Waals surface area contributed by atoms with Crippen molar-refractivity contribution in [3.05, 3.63) is 30.1 Å². The fourth-order valence-electron chi connectivity index (χ4n) is 2.05. The highest BCUT2D eigenvalue weighted by Gasteiger charge is 2.15. The molecule has 0 aromatic carbocycles. The van der Waals surface area contributed by atoms with Gasteiger partial charge in [0.25, 0.3) is 0 Å². The van der Waals surface area contributed by atoms with E-state index in [2.05, 4.69) is 10.3 Å². The van der Waals surface area contributed by atoms with Gasteiger partial charge in [0.2, 0.25) is 0 Å². The molecule has 2 atom stereocenters. The largest absolute Gasteiger partial charge is 0.316 e. The Kier molecular flexibility index (Phi) is 4.48. The third-order valence-corrected chi connectivity index (χ3v) is 4.40. The van der Waals surface area contributed by atoms with Gasteiger partial charge in [0.05, 0.1) is 0 Å². The lowest BCUT2D eigenvalue weighted by atomic mass is 10.0. The van der Waals surface area contributed by atoms with Crippen LogP contribution in [0.2, 0.25) is 0 Å². The standard InChI is InChI=1S/C12H18N2OS/c15-16(9-11-3-6-13-7-4-11)10-12-2-1-5-14-8-12/h3-4,6-7,12,14H,1-2,5,8-10H2/t12-,16+/m0/s1. The molecule has 0 saturated carbocycles. The Balaban J connectivity index is 1.80. The van der Waals surface area contributed by atoms with Gasteiger partial charge in [0.1, 0.15) is 0 Å². The first-order chi connectivity index (χ1) is 7.84. The molecule has 3 nitrogen and oxygen atoms in total. The number of nitrogens with zero attached hydrogens (tertiary/aromatic N) is 1. The maximum absolute atomic E-state index is 11.9. The van der Waals surface area contributed by atoms with E-state index in [0.717, 1.165) is 24.4 Å². The second-order valence-electron chi connectivity index (χ2n) is 4.32. The molecule has 0 bridgehead atoms. The molecule has 2 heterocycles. The molecule has 0 spiro atoms. The summed E-state index contributed by atoms with van der Waals surface area (Å²) in [6.45, 7) is 2.15. The molecule has 1 saturated heterocycles. The monoisotopic (exact) mass is 238 g/mol. The Hall–Kier alpha value is -0.740. The van der Waals surface area contributed by atoms with Gasteiger partial charge in [-0.1, -0.05) is 0 Å². The second kappa shape index (κ2) is 6.11. The van der Waals surface area contributed by atoms with Gasteiger partial charge < -0.3 is 5.32 Å². The van der Waals surface area contributed by atoms with Crippen LogP contribution >= 0.6 is 0 Å². The van der Waals surface area contributed by atoms with Crippen LogP contribution < -0.4 is 5.32 Å². The maximum atomic E-state index is 11.9. The van der Waals surface area contributed by atoms with Gasteiger partial charge in [0, 0.05) is 34.7 Å². The summed E-state index contributed by atoms with van der Waals surface area (Å²) in [5, 5.41) is 3.36. The van der Waals surface area contributed by atoms with Crippen molar-refractivity contribution >= 4 is 10.8 Å². The number of piperidine rings is 1. The van der Waals surface area contributed by atoms with E-state index >= 15 is 0 Å². The lowest BCUT2D eigenvalue weighted by Crippen LogP contribution is -2.32. The summed E-state index contributed by atoms with van der Waals surface area (Å²) in [6.07, 6.45) is 5.95.